The van der Waals surface area contributed by atoms with Crippen LogP contribution in [0.1, 0.15) is 32.1 Å². The molecule has 5 nitrogen and oxygen atoms in total. The zero-order valence-corrected chi connectivity index (χ0v) is 13.6. The largest absolute Gasteiger partial charge is 0.497 e. The molecular weight excluding hydrogens is 278 g/mol. The van der Waals surface area contributed by atoms with E-state index in [9.17, 15) is 0 Å². The maximum absolute atomic E-state index is 5.72. The van der Waals surface area contributed by atoms with Crippen molar-refractivity contribution in [1.29, 1.82) is 0 Å². The van der Waals surface area contributed by atoms with Crippen molar-refractivity contribution in [2.24, 2.45) is 4.99 Å². The second kappa shape index (κ2) is 9.18. The predicted octanol–water partition coefficient (Wildman–Crippen LogP) is 2.57. The van der Waals surface area contributed by atoms with E-state index in [1.165, 1.54) is 25.7 Å². The molecule has 0 atom stereocenters. The third-order valence-corrected chi connectivity index (χ3v) is 3.84. The Bertz CT molecular complexity index is 471. The summed E-state index contributed by atoms with van der Waals surface area (Å²) in [5.74, 6) is 2.55. The number of nitrogens with one attached hydrogen (secondary N) is 2. The summed E-state index contributed by atoms with van der Waals surface area (Å²) in [6.45, 7) is 1.51. The summed E-state index contributed by atoms with van der Waals surface area (Å²) in [5.41, 5.74) is 0. The van der Waals surface area contributed by atoms with Crippen molar-refractivity contribution in [2.75, 3.05) is 27.3 Å². The highest BCUT2D eigenvalue weighted by Crippen LogP contribution is 2.19. The first-order valence-electron chi connectivity index (χ1n) is 8.06. The molecule has 2 N–H and O–H groups in total. The van der Waals surface area contributed by atoms with Gasteiger partial charge in [0.1, 0.15) is 11.5 Å². The zero-order chi connectivity index (χ0) is 15.6. The fourth-order valence-corrected chi connectivity index (χ4v) is 2.62. The first-order valence-corrected chi connectivity index (χ1v) is 8.06. The van der Waals surface area contributed by atoms with Gasteiger partial charge in [0.2, 0.25) is 0 Å². The van der Waals surface area contributed by atoms with Crippen LogP contribution in [0.2, 0.25) is 0 Å². The standard InChI is InChI=1S/C17H27N3O2/c1-18-17(20-14-7-3-4-8-14)19-11-6-12-22-16-10-5-9-15(13-16)21-2/h5,9-10,13-14H,3-4,6-8,11-12H2,1-2H3,(H2,18,19,20). The number of rotatable bonds is 7. The van der Waals surface area contributed by atoms with Gasteiger partial charge in [-0.15, -0.1) is 0 Å². The fraction of sp³-hybridized carbons (Fsp3) is 0.588. The number of guanidine groups is 1. The fourth-order valence-electron chi connectivity index (χ4n) is 2.62. The Labute approximate surface area is 133 Å². The molecule has 0 aliphatic heterocycles. The Kier molecular flexibility index (Phi) is 6.87. The second-order valence-electron chi connectivity index (χ2n) is 5.51. The first kappa shape index (κ1) is 16.5. The summed E-state index contributed by atoms with van der Waals surface area (Å²) in [6.07, 6.45) is 6.06. The Morgan fingerprint density at radius 1 is 1.27 bits per heavy atom. The van der Waals surface area contributed by atoms with E-state index in [0.717, 1.165) is 30.4 Å². The Morgan fingerprint density at radius 2 is 2.05 bits per heavy atom. The average Bonchev–Trinajstić information content (AvgIpc) is 3.06. The van der Waals surface area contributed by atoms with Crippen molar-refractivity contribution < 1.29 is 9.47 Å². The van der Waals surface area contributed by atoms with E-state index >= 15 is 0 Å². The Balaban J connectivity index is 1.61. The van der Waals surface area contributed by atoms with Gasteiger partial charge in [0.25, 0.3) is 0 Å². The van der Waals surface area contributed by atoms with Crippen LogP contribution < -0.4 is 20.1 Å². The smallest absolute Gasteiger partial charge is 0.191 e. The highest BCUT2D eigenvalue weighted by molar-refractivity contribution is 5.79. The third-order valence-electron chi connectivity index (χ3n) is 3.84. The summed E-state index contributed by atoms with van der Waals surface area (Å²) in [4.78, 5) is 4.27. The van der Waals surface area contributed by atoms with Crippen LogP contribution in [0, 0.1) is 0 Å². The van der Waals surface area contributed by atoms with Gasteiger partial charge in [0.05, 0.1) is 13.7 Å². The highest BCUT2D eigenvalue weighted by Gasteiger charge is 2.15. The number of nitrogens with zero attached hydrogens (tertiary/aromatic N) is 1. The third kappa shape index (κ3) is 5.47. The van der Waals surface area contributed by atoms with E-state index < -0.39 is 0 Å². The maximum Gasteiger partial charge on any atom is 0.191 e. The van der Waals surface area contributed by atoms with Gasteiger partial charge in [0.15, 0.2) is 5.96 Å². The highest BCUT2D eigenvalue weighted by atomic mass is 16.5. The van der Waals surface area contributed by atoms with Crippen molar-refractivity contribution in [1.82, 2.24) is 10.6 Å². The number of ether oxygens (including phenoxy) is 2. The molecule has 0 amide bonds. The van der Waals surface area contributed by atoms with Gasteiger partial charge in [0, 0.05) is 25.7 Å². The second-order valence-corrected chi connectivity index (χ2v) is 5.51. The molecular formula is C17H27N3O2. The number of benzene rings is 1. The van der Waals surface area contributed by atoms with Crippen molar-refractivity contribution in [3.8, 4) is 11.5 Å². The molecule has 5 heteroatoms. The summed E-state index contributed by atoms with van der Waals surface area (Å²) >= 11 is 0. The van der Waals surface area contributed by atoms with Crippen LogP contribution in [0.3, 0.4) is 0 Å². The summed E-state index contributed by atoms with van der Waals surface area (Å²) in [6, 6.07) is 8.26. The average molecular weight is 305 g/mol. The topological polar surface area (TPSA) is 54.9 Å². The molecule has 122 valence electrons. The minimum atomic E-state index is 0.583. The first-order chi connectivity index (χ1) is 10.8. The van der Waals surface area contributed by atoms with E-state index in [-0.39, 0.29) is 0 Å². The number of aliphatic imine (C=N–C) groups is 1. The maximum atomic E-state index is 5.72. The lowest BCUT2D eigenvalue weighted by Crippen LogP contribution is -2.42. The number of hydrogen-bond acceptors (Lipinski definition) is 3. The van der Waals surface area contributed by atoms with Gasteiger partial charge in [-0.3, -0.25) is 4.99 Å². The van der Waals surface area contributed by atoms with Gasteiger partial charge in [-0.25, -0.2) is 0 Å². The van der Waals surface area contributed by atoms with Gasteiger partial charge in [-0.1, -0.05) is 18.9 Å². The lowest BCUT2D eigenvalue weighted by molar-refractivity contribution is 0.308. The lowest BCUT2D eigenvalue weighted by Gasteiger charge is -2.16. The van der Waals surface area contributed by atoms with Crippen LogP contribution >= 0.6 is 0 Å². The molecule has 1 aromatic carbocycles. The molecule has 0 heterocycles. The zero-order valence-electron chi connectivity index (χ0n) is 13.6. The molecule has 0 saturated heterocycles. The predicted molar refractivity (Wildman–Crippen MR) is 89.9 cm³/mol. The quantitative estimate of drug-likeness (QED) is 0.462. The minimum absolute atomic E-state index is 0.583. The van der Waals surface area contributed by atoms with Crippen molar-refractivity contribution in [3.05, 3.63) is 24.3 Å². The lowest BCUT2D eigenvalue weighted by atomic mass is 10.2. The van der Waals surface area contributed by atoms with Crippen LogP contribution in [0.4, 0.5) is 0 Å². The molecule has 0 bridgehead atoms. The van der Waals surface area contributed by atoms with E-state index in [0.29, 0.717) is 12.6 Å². The van der Waals surface area contributed by atoms with Crippen LogP contribution in [-0.2, 0) is 0 Å². The molecule has 0 spiro atoms. The molecule has 22 heavy (non-hydrogen) atoms. The monoisotopic (exact) mass is 305 g/mol. The van der Waals surface area contributed by atoms with E-state index in [1.54, 1.807) is 7.11 Å². The summed E-state index contributed by atoms with van der Waals surface area (Å²) in [7, 11) is 3.48. The van der Waals surface area contributed by atoms with Crippen LogP contribution in [0.25, 0.3) is 0 Å². The van der Waals surface area contributed by atoms with E-state index in [1.807, 2.05) is 31.3 Å². The Hall–Kier alpha value is -1.91. The molecule has 1 aliphatic carbocycles. The Morgan fingerprint density at radius 3 is 2.77 bits per heavy atom. The van der Waals surface area contributed by atoms with Crippen molar-refractivity contribution in [3.63, 3.8) is 0 Å². The van der Waals surface area contributed by atoms with E-state index in [4.69, 9.17) is 9.47 Å². The molecule has 2 rings (SSSR count). The summed E-state index contributed by atoms with van der Waals surface area (Å²) in [5, 5.41) is 6.81. The van der Waals surface area contributed by atoms with Gasteiger partial charge < -0.3 is 20.1 Å². The van der Waals surface area contributed by atoms with Crippen LogP contribution in [0.15, 0.2) is 29.3 Å². The number of methoxy groups -OCH3 is 1. The molecule has 1 aromatic rings. The van der Waals surface area contributed by atoms with Gasteiger partial charge in [-0.05, 0) is 31.4 Å². The van der Waals surface area contributed by atoms with Crippen LogP contribution in [-0.4, -0.2) is 39.3 Å². The van der Waals surface area contributed by atoms with Crippen molar-refractivity contribution in [2.45, 2.75) is 38.1 Å². The molecule has 0 aromatic heterocycles. The number of hydrogen-bond donors (Lipinski definition) is 2. The molecule has 1 aliphatic rings. The van der Waals surface area contributed by atoms with Crippen molar-refractivity contribution >= 4 is 5.96 Å². The molecule has 0 radical (unpaired) electrons. The van der Waals surface area contributed by atoms with Gasteiger partial charge >= 0.3 is 0 Å². The summed E-state index contributed by atoms with van der Waals surface area (Å²) < 4.78 is 10.9. The minimum Gasteiger partial charge on any atom is -0.497 e. The van der Waals surface area contributed by atoms with E-state index in [2.05, 4.69) is 15.6 Å². The molecule has 1 fully saturated rings. The molecule has 1 saturated carbocycles. The molecule has 0 unspecified atom stereocenters. The SMILES string of the molecule is CN=C(NCCCOc1cccc(OC)c1)NC1CCCC1. The van der Waals surface area contributed by atoms with Gasteiger partial charge in [-0.2, -0.15) is 0 Å². The normalized spacial score (nSPS) is 15.6. The van der Waals surface area contributed by atoms with Crippen LogP contribution in [0.5, 0.6) is 11.5 Å².